The highest BCUT2D eigenvalue weighted by molar-refractivity contribution is 7.09. The van der Waals surface area contributed by atoms with Crippen LogP contribution in [0.2, 0.25) is 0 Å². The Morgan fingerprint density at radius 3 is 2.14 bits per heavy atom. The van der Waals surface area contributed by atoms with E-state index in [0.717, 1.165) is 27.5 Å². The average molecular weight is 385 g/mol. The van der Waals surface area contributed by atoms with Crippen molar-refractivity contribution in [2.45, 2.75) is 13.5 Å². The van der Waals surface area contributed by atoms with Crippen LogP contribution >= 0.6 is 11.3 Å². The zero-order chi connectivity index (χ0) is 19.3. The van der Waals surface area contributed by atoms with Gasteiger partial charge in [-0.2, -0.15) is 0 Å². The maximum Gasteiger partial charge on any atom is 0.253 e. The minimum absolute atomic E-state index is 0.138. The summed E-state index contributed by atoms with van der Waals surface area (Å²) in [6.07, 6.45) is 0. The van der Waals surface area contributed by atoms with Crippen molar-refractivity contribution >= 4 is 17.2 Å². The summed E-state index contributed by atoms with van der Waals surface area (Å²) >= 11 is 1.54. The van der Waals surface area contributed by atoms with Gasteiger partial charge >= 0.3 is 0 Å². The topological polar surface area (TPSA) is 54.9 Å². The Kier molecular flexibility index (Phi) is 5.26. The van der Waals surface area contributed by atoms with E-state index in [1.54, 1.807) is 11.3 Å². The molecule has 0 spiro atoms. The number of nitrogens with one attached hydrogen (secondary N) is 1. The van der Waals surface area contributed by atoms with Gasteiger partial charge in [-0.1, -0.05) is 60.7 Å². The number of aromatic nitrogens is 2. The van der Waals surface area contributed by atoms with Crippen molar-refractivity contribution in [2.75, 3.05) is 0 Å². The number of pyridine rings is 1. The Labute approximate surface area is 167 Å². The van der Waals surface area contributed by atoms with Crippen LogP contribution in [0.25, 0.3) is 22.5 Å². The summed E-state index contributed by atoms with van der Waals surface area (Å²) in [6, 6.07) is 23.7. The molecule has 0 unspecified atom stereocenters. The second kappa shape index (κ2) is 8.15. The van der Waals surface area contributed by atoms with Crippen molar-refractivity contribution in [1.82, 2.24) is 15.3 Å². The van der Waals surface area contributed by atoms with Gasteiger partial charge < -0.3 is 5.32 Å². The van der Waals surface area contributed by atoms with Crippen LogP contribution in [0, 0.1) is 6.92 Å². The lowest BCUT2D eigenvalue weighted by Gasteiger charge is -2.08. The Morgan fingerprint density at radius 1 is 0.857 bits per heavy atom. The zero-order valence-electron chi connectivity index (χ0n) is 15.4. The van der Waals surface area contributed by atoms with Gasteiger partial charge in [-0.05, 0) is 19.1 Å². The van der Waals surface area contributed by atoms with Gasteiger partial charge in [-0.25, -0.2) is 4.98 Å². The Balaban J connectivity index is 1.44. The number of hydrogen-bond donors (Lipinski definition) is 1. The van der Waals surface area contributed by atoms with Crippen LogP contribution in [-0.2, 0) is 6.54 Å². The van der Waals surface area contributed by atoms with E-state index < -0.39 is 0 Å². The molecule has 4 aromatic rings. The predicted octanol–water partition coefficient (Wildman–Crippen LogP) is 5.11. The van der Waals surface area contributed by atoms with Gasteiger partial charge in [0.25, 0.3) is 5.91 Å². The van der Waals surface area contributed by atoms with E-state index in [1.807, 2.05) is 85.1 Å². The minimum Gasteiger partial charge on any atom is -0.345 e. The molecule has 0 atom stereocenters. The van der Waals surface area contributed by atoms with Gasteiger partial charge in [0.05, 0.1) is 29.2 Å². The largest absolute Gasteiger partial charge is 0.345 e. The highest BCUT2D eigenvalue weighted by atomic mass is 32.1. The molecule has 1 amide bonds. The fraction of sp³-hybridized carbons (Fsp3) is 0.0870. The first kappa shape index (κ1) is 18.1. The highest BCUT2D eigenvalue weighted by Crippen LogP contribution is 2.22. The lowest BCUT2D eigenvalue weighted by atomic mass is 10.1. The number of carbonyl (C=O) groups is 1. The Morgan fingerprint density at radius 2 is 1.50 bits per heavy atom. The van der Waals surface area contributed by atoms with Gasteiger partial charge in [0.2, 0.25) is 0 Å². The van der Waals surface area contributed by atoms with E-state index in [4.69, 9.17) is 0 Å². The molecule has 0 aliphatic rings. The molecule has 28 heavy (non-hydrogen) atoms. The van der Waals surface area contributed by atoms with E-state index in [-0.39, 0.29) is 5.91 Å². The maximum absolute atomic E-state index is 12.6. The standard InChI is InChI=1S/C23H19N3OS/c1-16-19(12-13-20(25-16)17-8-4-2-5-9-17)23(27)24-14-22-26-21(15-28-22)18-10-6-3-7-11-18/h2-13,15H,14H2,1H3,(H,24,27). The molecule has 4 nitrogen and oxygen atoms in total. The molecule has 0 fully saturated rings. The molecular weight excluding hydrogens is 366 g/mol. The third-order valence-electron chi connectivity index (χ3n) is 4.42. The lowest BCUT2D eigenvalue weighted by molar-refractivity contribution is 0.0950. The molecule has 0 aliphatic heterocycles. The molecule has 1 N–H and O–H groups in total. The minimum atomic E-state index is -0.138. The SMILES string of the molecule is Cc1nc(-c2ccccc2)ccc1C(=O)NCc1nc(-c2ccccc2)cs1. The van der Waals surface area contributed by atoms with Crippen LogP contribution in [0.1, 0.15) is 21.1 Å². The van der Waals surface area contributed by atoms with Crippen LogP contribution in [0.3, 0.4) is 0 Å². The number of benzene rings is 2. The van der Waals surface area contributed by atoms with Gasteiger partial charge in [0, 0.05) is 16.5 Å². The fourth-order valence-electron chi connectivity index (χ4n) is 2.96. The maximum atomic E-state index is 12.6. The number of hydrogen-bond acceptors (Lipinski definition) is 4. The van der Waals surface area contributed by atoms with Crippen molar-refractivity contribution < 1.29 is 4.79 Å². The van der Waals surface area contributed by atoms with Crippen molar-refractivity contribution in [3.63, 3.8) is 0 Å². The average Bonchev–Trinajstić information content (AvgIpc) is 3.22. The Hall–Kier alpha value is -3.31. The number of rotatable bonds is 5. The van der Waals surface area contributed by atoms with E-state index in [2.05, 4.69) is 15.3 Å². The molecule has 0 aliphatic carbocycles. The molecule has 0 saturated heterocycles. The molecule has 2 aromatic heterocycles. The van der Waals surface area contributed by atoms with Crippen LogP contribution in [0.15, 0.2) is 78.2 Å². The van der Waals surface area contributed by atoms with Gasteiger partial charge in [0.15, 0.2) is 0 Å². The summed E-state index contributed by atoms with van der Waals surface area (Å²) in [4.78, 5) is 21.8. The van der Waals surface area contributed by atoms with Crippen molar-refractivity contribution in [2.24, 2.45) is 0 Å². The second-order valence-corrected chi connectivity index (χ2v) is 7.31. The first-order valence-electron chi connectivity index (χ1n) is 9.02. The first-order valence-corrected chi connectivity index (χ1v) is 9.90. The van der Waals surface area contributed by atoms with Crippen LogP contribution in [0.5, 0.6) is 0 Å². The molecule has 5 heteroatoms. The summed E-state index contributed by atoms with van der Waals surface area (Å²) in [5, 5.41) is 5.84. The van der Waals surface area contributed by atoms with E-state index >= 15 is 0 Å². The summed E-state index contributed by atoms with van der Waals surface area (Å²) in [5.41, 5.74) is 5.20. The molecule has 0 radical (unpaired) electrons. The summed E-state index contributed by atoms with van der Waals surface area (Å²) in [5.74, 6) is -0.138. The predicted molar refractivity (Wildman–Crippen MR) is 113 cm³/mol. The van der Waals surface area contributed by atoms with E-state index in [9.17, 15) is 4.79 Å². The monoisotopic (exact) mass is 385 g/mol. The summed E-state index contributed by atoms with van der Waals surface area (Å²) < 4.78 is 0. The number of nitrogens with zero attached hydrogens (tertiary/aromatic N) is 2. The summed E-state index contributed by atoms with van der Waals surface area (Å²) in [7, 11) is 0. The van der Waals surface area contributed by atoms with Crippen molar-refractivity contribution in [3.8, 4) is 22.5 Å². The molecule has 0 bridgehead atoms. The van der Waals surface area contributed by atoms with Crippen LogP contribution in [-0.4, -0.2) is 15.9 Å². The molecule has 2 heterocycles. The van der Waals surface area contributed by atoms with Crippen LogP contribution in [0.4, 0.5) is 0 Å². The molecule has 138 valence electrons. The smallest absolute Gasteiger partial charge is 0.253 e. The fourth-order valence-corrected chi connectivity index (χ4v) is 3.70. The summed E-state index contributed by atoms with van der Waals surface area (Å²) in [6.45, 7) is 2.26. The quantitative estimate of drug-likeness (QED) is 0.519. The van der Waals surface area contributed by atoms with Crippen molar-refractivity contribution in [1.29, 1.82) is 0 Å². The van der Waals surface area contributed by atoms with Gasteiger partial charge in [0.1, 0.15) is 5.01 Å². The van der Waals surface area contributed by atoms with Crippen molar-refractivity contribution in [3.05, 3.63) is 94.4 Å². The van der Waals surface area contributed by atoms with Gasteiger partial charge in [-0.3, -0.25) is 9.78 Å². The highest BCUT2D eigenvalue weighted by Gasteiger charge is 2.12. The molecule has 4 rings (SSSR count). The normalized spacial score (nSPS) is 10.6. The molecule has 2 aromatic carbocycles. The second-order valence-electron chi connectivity index (χ2n) is 6.37. The van der Waals surface area contributed by atoms with E-state index in [0.29, 0.717) is 17.8 Å². The Bertz CT molecular complexity index is 1090. The lowest BCUT2D eigenvalue weighted by Crippen LogP contribution is -2.24. The van der Waals surface area contributed by atoms with Crippen LogP contribution < -0.4 is 5.32 Å². The number of aryl methyl sites for hydroxylation is 1. The number of thiazole rings is 1. The third-order valence-corrected chi connectivity index (χ3v) is 5.27. The third kappa shape index (κ3) is 4.00. The number of amides is 1. The number of carbonyl (C=O) groups excluding carboxylic acids is 1. The van der Waals surface area contributed by atoms with Gasteiger partial charge in [-0.15, -0.1) is 11.3 Å². The van der Waals surface area contributed by atoms with E-state index in [1.165, 1.54) is 0 Å². The zero-order valence-corrected chi connectivity index (χ0v) is 16.2. The molecule has 0 saturated carbocycles. The molecular formula is C23H19N3OS. The first-order chi connectivity index (χ1) is 13.7.